The quantitative estimate of drug-likeness (QED) is 0.0883. The number of hydrogen-bond acceptors (Lipinski definition) is 9. The van der Waals surface area contributed by atoms with E-state index in [1.165, 1.54) is 5.56 Å². The van der Waals surface area contributed by atoms with Gasteiger partial charge in [-0.2, -0.15) is 0 Å². The monoisotopic (exact) mass is 628 g/mol. The highest BCUT2D eigenvalue weighted by atomic mass is 16.5. The second-order valence-electron chi connectivity index (χ2n) is 12.2. The maximum atomic E-state index is 6.68. The lowest BCUT2D eigenvalue weighted by atomic mass is 9.98. The summed E-state index contributed by atoms with van der Waals surface area (Å²) >= 11 is 0. The Kier molecular flexibility index (Phi) is 15.2. The predicted molar refractivity (Wildman–Crippen MR) is 194 cm³/mol. The molecule has 2 aromatic carbocycles. The Hall–Kier alpha value is -3.73. The number of para-hydroxylation sites is 1. The number of allylic oxidation sites excluding steroid dienone is 1. The van der Waals surface area contributed by atoms with E-state index < -0.39 is 0 Å². The normalized spacial score (nSPS) is 12.8. The van der Waals surface area contributed by atoms with Crippen molar-refractivity contribution in [3.8, 4) is 0 Å². The van der Waals surface area contributed by atoms with E-state index in [-0.39, 0.29) is 17.7 Å². The van der Waals surface area contributed by atoms with Crippen molar-refractivity contribution in [3.05, 3.63) is 109 Å². The van der Waals surface area contributed by atoms with Crippen LogP contribution in [0.3, 0.4) is 0 Å². The van der Waals surface area contributed by atoms with Crippen LogP contribution in [-0.4, -0.2) is 66.9 Å². The lowest BCUT2D eigenvalue weighted by Crippen LogP contribution is -2.40. The maximum absolute atomic E-state index is 6.68. The fourth-order valence-electron chi connectivity index (χ4n) is 5.55. The molecule has 3 aromatic rings. The molecule has 1 unspecified atom stereocenters. The first-order valence-corrected chi connectivity index (χ1v) is 16.4. The molecule has 0 amide bonds. The molecule has 10 N–H and O–H groups in total. The molecule has 250 valence electrons. The van der Waals surface area contributed by atoms with Gasteiger partial charge in [0.25, 0.3) is 0 Å². The van der Waals surface area contributed by atoms with Crippen molar-refractivity contribution in [1.82, 2.24) is 15.2 Å². The molecular weight excluding hydrogens is 572 g/mol. The highest BCUT2D eigenvalue weighted by Crippen LogP contribution is 2.22. The molecule has 0 aliphatic carbocycles. The third-order valence-electron chi connectivity index (χ3n) is 8.44. The zero-order valence-electron chi connectivity index (χ0n) is 27.7. The molecule has 0 spiro atoms. The first-order chi connectivity index (χ1) is 22.2. The van der Waals surface area contributed by atoms with Gasteiger partial charge in [0.1, 0.15) is 0 Å². The minimum Gasteiger partial charge on any atom is -0.379 e. The van der Waals surface area contributed by atoms with Gasteiger partial charge in [-0.3, -0.25) is 4.98 Å². The first kappa shape index (κ1) is 36.7. The van der Waals surface area contributed by atoms with Crippen molar-refractivity contribution in [2.45, 2.75) is 63.1 Å². The third kappa shape index (κ3) is 11.9. The van der Waals surface area contributed by atoms with Gasteiger partial charge in [0.15, 0.2) is 0 Å². The molecule has 1 aromatic heterocycles. The molecule has 0 saturated carbocycles. The smallest absolute Gasteiger partial charge is 0.0703 e. The van der Waals surface area contributed by atoms with Gasteiger partial charge in [-0.1, -0.05) is 68.3 Å². The lowest BCUT2D eigenvalue weighted by molar-refractivity contribution is -0.0453. The van der Waals surface area contributed by atoms with Gasteiger partial charge >= 0.3 is 0 Å². The van der Waals surface area contributed by atoms with Crippen LogP contribution in [0.5, 0.6) is 0 Å². The zero-order valence-corrected chi connectivity index (χ0v) is 27.7. The molecule has 0 aliphatic heterocycles. The summed E-state index contributed by atoms with van der Waals surface area (Å²) in [6, 6.07) is 20.2. The second-order valence-corrected chi connectivity index (χ2v) is 12.2. The van der Waals surface area contributed by atoms with Crippen LogP contribution in [0, 0.1) is 0 Å². The summed E-state index contributed by atoms with van der Waals surface area (Å²) in [4.78, 5) is 6.77. The second kappa shape index (κ2) is 19.1. The summed E-state index contributed by atoms with van der Waals surface area (Å²) in [5, 5.41) is 8.14. The number of anilines is 1. The van der Waals surface area contributed by atoms with Crippen LogP contribution in [0.15, 0.2) is 104 Å². The van der Waals surface area contributed by atoms with Gasteiger partial charge in [-0.25, -0.2) is 0 Å². The van der Waals surface area contributed by atoms with Crippen LogP contribution in [-0.2, 0) is 11.2 Å². The van der Waals surface area contributed by atoms with Crippen molar-refractivity contribution >= 4 is 16.6 Å². The summed E-state index contributed by atoms with van der Waals surface area (Å²) in [6.07, 6.45) is 6.45. The van der Waals surface area contributed by atoms with E-state index in [1.807, 2.05) is 30.5 Å². The van der Waals surface area contributed by atoms with Crippen molar-refractivity contribution in [2.24, 2.45) is 22.9 Å². The molecule has 9 heteroatoms. The fourth-order valence-corrected chi connectivity index (χ4v) is 5.55. The SMILES string of the molecule is C=C(N[C@@H](CCc1ccccc1)C(=C)Nc1cnc2ccccc2c1)C(N)CCC(=C)N(CCN)CCOC(C)(CCN)CCN. The number of pyridine rings is 1. The number of nitrogens with zero attached hydrogens (tertiary/aromatic N) is 2. The van der Waals surface area contributed by atoms with Gasteiger partial charge in [0.2, 0.25) is 0 Å². The molecule has 0 aliphatic rings. The highest BCUT2D eigenvalue weighted by molar-refractivity contribution is 5.81. The van der Waals surface area contributed by atoms with Crippen LogP contribution < -0.4 is 33.6 Å². The first-order valence-electron chi connectivity index (χ1n) is 16.4. The molecule has 9 nitrogen and oxygen atoms in total. The van der Waals surface area contributed by atoms with E-state index in [0.29, 0.717) is 52.2 Å². The summed E-state index contributed by atoms with van der Waals surface area (Å²) in [7, 11) is 0. The van der Waals surface area contributed by atoms with Gasteiger partial charge < -0.3 is 43.2 Å². The van der Waals surface area contributed by atoms with E-state index in [4.69, 9.17) is 27.7 Å². The van der Waals surface area contributed by atoms with Crippen molar-refractivity contribution in [3.63, 3.8) is 0 Å². The highest BCUT2D eigenvalue weighted by Gasteiger charge is 2.24. The van der Waals surface area contributed by atoms with Crippen molar-refractivity contribution in [1.29, 1.82) is 0 Å². The van der Waals surface area contributed by atoms with Gasteiger partial charge in [0.05, 0.1) is 35.7 Å². The van der Waals surface area contributed by atoms with Crippen LogP contribution in [0.4, 0.5) is 5.69 Å². The summed E-state index contributed by atoms with van der Waals surface area (Å²) in [6.45, 7) is 18.7. The number of fused-ring (bicyclic) bond motifs is 1. The summed E-state index contributed by atoms with van der Waals surface area (Å²) in [5.41, 5.74) is 29.6. The Morgan fingerprint density at radius 2 is 1.61 bits per heavy atom. The fraction of sp³-hybridized carbons (Fsp3) is 0.432. The molecule has 0 saturated heterocycles. The van der Waals surface area contributed by atoms with Crippen molar-refractivity contribution < 1.29 is 4.74 Å². The molecule has 0 bridgehead atoms. The van der Waals surface area contributed by atoms with Gasteiger partial charge in [0, 0.05) is 48.2 Å². The molecule has 0 radical (unpaired) electrons. The van der Waals surface area contributed by atoms with E-state index in [1.54, 1.807) is 0 Å². The Balaban J connectivity index is 1.59. The molecule has 3 rings (SSSR count). The number of nitrogens with one attached hydrogen (secondary N) is 2. The molecule has 46 heavy (non-hydrogen) atoms. The Morgan fingerprint density at radius 3 is 2.30 bits per heavy atom. The average molecular weight is 629 g/mol. The van der Waals surface area contributed by atoms with Crippen LogP contribution >= 0.6 is 0 Å². The summed E-state index contributed by atoms with van der Waals surface area (Å²) < 4.78 is 6.24. The van der Waals surface area contributed by atoms with Crippen LogP contribution in [0.1, 0.15) is 44.6 Å². The number of rotatable bonds is 23. The zero-order chi connectivity index (χ0) is 33.4. The molecule has 0 fully saturated rings. The van der Waals surface area contributed by atoms with E-state index >= 15 is 0 Å². The maximum Gasteiger partial charge on any atom is 0.0703 e. The predicted octanol–water partition coefficient (Wildman–Crippen LogP) is 4.62. The average Bonchev–Trinajstić information content (AvgIpc) is 3.05. The number of ether oxygens (including phenoxy) is 1. The third-order valence-corrected chi connectivity index (χ3v) is 8.44. The number of benzene rings is 2. The number of aryl methyl sites for hydroxylation is 1. The van der Waals surface area contributed by atoms with Crippen LogP contribution in [0.25, 0.3) is 10.9 Å². The lowest BCUT2D eigenvalue weighted by Gasteiger charge is -2.32. The minimum absolute atomic E-state index is 0.101. The molecular formula is C37H56N8O. The van der Waals surface area contributed by atoms with E-state index in [0.717, 1.165) is 59.4 Å². The Labute approximate surface area is 276 Å². The number of nitrogens with two attached hydrogens (primary N) is 4. The Bertz CT molecular complexity index is 1370. The number of aromatic nitrogens is 1. The standard InChI is InChI=1S/C37H56N8O/c1-28(45(23-22-40)24-25-46-37(4,18-20-38)19-21-39)14-16-34(41)29(2)44-35(17-15-31-10-6-5-7-11-31)30(3)43-33-26-32-12-8-9-13-36(32)42-27-33/h5-13,26-27,34-35,43-44H,1-3,14-25,38-41H2,4H3/t34?,35-/m0/s1. The van der Waals surface area contributed by atoms with Gasteiger partial charge in [-0.05, 0) is 76.2 Å². The van der Waals surface area contributed by atoms with Gasteiger partial charge in [-0.15, -0.1) is 0 Å². The van der Waals surface area contributed by atoms with E-state index in [2.05, 4.69) is 83.6 Å². The number of hydrogen-bond donors (Lipinski definition) is 6. The van der Waals surface area contributed by atoms with Crippen molar-refractivity contribution in [2.75, 3.05) is 44.6 Å². The van der Waals surface area contributed by atoms with Crippen LogP contribution in [0.2, 0.25) is 0 Å². The molecule has 1 heterocycles. The summed E-state index contributed by atoms with van der Waals surface area (Å²) in [5.74, 6) is 0. The molecule has 2 atom stereocenters. The largest absolute Gasteiger partial charge is 0.379 e. The van der Waals surface area contributed by atoms with E-state index in [9.17, 15) is 0 Å². The Morgan fingerprint density at radius 1 is 0.913 bits per heavy atom. The topological polar surface area (TPSA) is 154 Å². The minimum atomic E-state index is -0.328.